The van der Waals surface area contributed by atoms with Gasteiger partial charge >= 0.3 is 0 Å². The largest absolute Gasteiger partial charge is 0.368 e. The molecule has 8 heteroatoms. The normalized spacial score (nSPS) is 14.6. The van der Waals surface area contributed by atoms with Gasteiger partial charge in [0.2, 0.25) is 23.8 Å². The van der Waals surface area contributed by atoms with Gasteiger partial charge in [0, 0.05) is 20.1 Å². The van der Waals surface area contributed by atoms with Crippen molar-refractivity contribution in [3.8, 4) is 0 Å². The average Bonchev–Trinajstić information content (AvgIpc) is 2.89. The lowest BCUT2D eigenvalue weighted by Gasteiger charge is -2.16. The molecule has 1 aliphatic heterocycles. The molecule has 4 N–H and O–H groups in total. The molecular weight excluding hydrogens is 234 g/mol. The molecule has 18 heavy (non-hydrogen) atoms. The Morgan fingerprint density at radius 1 is 1.28 bits per heavy atom. The van der Waals surface area contributed by atoms with Crippen molar-refractivity contribution < 1.29 is 4.79 Å². The van der Waals surface area contributed by atoms with E-state index in [-0.39, 0.29) is 6.54 Å². The lowest BCUT2D eigenvalue weighted by atomic mass is 10.4. The first-order valence-corrected chi connectivity index (χ1v) is 5.90. The van der Waals surface area contributed by atoms with Gasteiger partial charge < -0.3 is 21.3 Å². The van der Waals surface area contributed by atoms with E-state index < -0.39 is 5.91 Å². The molecule has 1 fully saturated rings. The Morgan fingerprint density at radius 2 is 1.94 bits per heavy atom. The standard InChI is InChI=1S/C10H17N7O/c1-12-8-14-9(13-6-7(11)18)16-10(15-8)17-4-2-3-5-17/h2-6H2,1H3,(H2,11,18)(H2,12,13,14,15,16). The third kappa shape index (κ3) is 2.96. The number of aromatic nitrogens is 3. The van der Waals surface area contributed by atoms with E-state index in [9.17, 15) is 4.79 Å². The minimum Gasteiger partial charge on any atom is -0.368 e. The van der Waals surface area contributed by atoms with Gasteiger partial charge in [0.25, 0.3) is 0 Å². The van der Waals surface area contributed by atoms with Crippen molar-refractivity contribution >= 4 is 23.8 Å². The van der Waals surface area contributed by atoms with Gasteiger partial charge in [-0.25, -0.2) is 0 Å². The molecule has 2 heterocycles. The van der Waals surface area contributed by atoms with Crippen molar-refractivity contribution in [2.75, 3.05) is 42.2 Å². The number of nitrogens with two attached hydrogens (primary N) is 1. The summed E-state index contributed by atoms with van der Waals surface area (Å²) in [5.74, 6) is 0.997. The molecule has 8 nitrogen and oxygen atoms in total. The van der Waals surface area contributed by atoms with E-state index in [1.54, 1.807) is 7.05 Å². The maximum Gasteiger partial charge on any atom is 0.236 e. The van der Waals surface area contributed by atoms with Crippen LogP contribution >= 0.6 is 0 Å². The third-order valence-corrected chi connectivity index (χ3v) is 2.66. The van der Waals surface area contributed by atoms with Crippen LogP contribution in [0.4, 0.5) is 17.8 Å². The second-order valence-electron chi connectivity index (χ2n) is 4.05. The van der Waals surface area contributed by atoms with Gasteiger partial charge in [-0.2, -0.15) is 15.0 Å². The fraction of sp³-hybridized carbons (Fsp3) is 0.600. The molecule has 2 rings (SSSR count). The number of nitrogens with zero attached hydrogens (tertiary/aromatic N) is 4. The highest BCUT2D eigenvalue weighted by atomic mass is 16.1. The van der Waals surface area contributed by atoms with Crippen LogP contribution in [0.2, 0.25) is 0 Å². The highest BCUT2D eigenvalue weighted by Gasteiger charge is 2.17. The van der Waals surface area contributed by atoms with E-state index in [1.165, 1.54) is 0 Å². The monoisotopic (exact) mass is 251 g/mol. The molecule has 0 bridgehead atoms. The van der Waals surface area contributed by atoms with Crippen molar-refractivity contribution in [1.29, 1.82) is 0 Å². The summed E-state index contributed by atoms with van der Waals surface area (Å²) in [6.07, 6.45) is 2.29. The van der Waals surface area contributed by atoms with Crippen LogP contribution in [0.1, 0.15) is 12.8 Å². The van der Waals surface area contributed by atoms with E-state index in [0.29, 0.717) is 17.8 Å². The Bertz CT molecular complexity index is 430. The predicted octanol–water partition coefficient (Wildman–Crippen LogP) is -0.589. The molecule has 0 aliphatic carbocycles. The fourth-order valence-electron chi connectivity index (χ4n) is 1.78. The number of nitrogens with one attached hydrogen (secondary N) is 2. The molecule has 1 aromatic heterocycles. The Morgan fingerprint density at radius 3 is 2.56 bits per heavy atom. The summed E-state index contributed by atoms with van der Waals surface area (Å²) >= 11 is 0. The highest BCUT2D eigenvalue weighted by Crippen LogP contribution is 2.18. The first-order chi connectivity index (χ1) is 8.69. The van der Waals surface area contributed by atoms with Gasteiger partial charge in [-0.3, -0.25) is 4.79 Å². The van der Waals surface area contributed by atoms with E-state index in [0.717, 1.165) is 25.9 Å². The molecule has 1 saturated heterocycles. The zero-order valence-electron chi connectivity index (χ0n) is 10.3. The molecule has 0 saturated carbocycles. The molecule has 0 unspecified atom stereocenters. The van der Waals surface area contributed by atoms with Crippen LogP contribution in [0.25, 0.3) is 0 Å². The quantitative estimate of drug-likeness (QED) is 0.641. The molecule has 98 valence electrons. The van der Waals surface area contributed by atoms with Crippen molar-refractivity contribution in [2.45, 2.75) is 12.8 Å². The van der Waals surface area contributed by atoms with E-state index in [1.807, 2.05) is 0 Å². The van der Waals surface area contributed by atoms with Gasteiger partial charge in [0.1, 0.15) is 0 Å². The van der Waals surface area contributed by atoms with Gasteiger partial charge in [0.15, 0.2) is 0 Å². The molecule has 1 amide bonds. The Hall–Kier alpha value is -2.12. The van der Waals surface area contributed by atoms with Crippen LogP contribution < -0.4 is 21.3 Å². The number of amides is 1. The molecular formula is C10H17N7O. The minimum atomic E-state index is -0.454. The number of hydrogen-bond donors (Lipinski definition) is 3. The zero-order chi connectivity index (χ0) is 13.0. The van der Waals surface area contributed by atoms with Crippen LogP contribution in [0, 0.1) is 0 Å². The van der Waals surface area contributed by atoms with Gasteiger partial charge in [-0.05, 0) is 12.8 Å². The number of rotatable bonds is 5. The summed E-state index contributed by atoms with van der Waals surface area (Å²) in [7, 11) is 1.74. The Kier molecular flexibility index (Phi) is 3.75. The number of primary amides is 1. The molecule has 1 aliphatic rings. The van der Waals surface area contributed by atoms with Crippen molar-refractivity contribution in [3.63, 3.8) is 0 Å². The minimum absolute atomic E-state index is 0.00656. The number of carbonyl (C=O) groups excluding carboxylic acids is 1. The van der Waals surface area contributed by atoms with Crippen LogP contribution in [-0.4, -0.2) is 47.5 Å². The summed E-state index contributed by atoms with van der Waals surface area (Å²) in [6.45, 7) is 1.90. The molecule has 0 radical (unpaired) electrons. The second-order valence-corrected chi connectivity index (χ2v) is 4.05. The van der Waals surface area contributed by atoms with Crippen molar-refractivity contribution in [1.82, 2.24) is 15.0 Å². The summed E-state index contributed by atoms with van der Waals surface area (Å²) in [5, 5.41) is 5.65. The maximum absolute atomic E-state index is 10.7. The topological polar surface area (TPSA) is 109 Å². The van der Waals surface area contributed by atoms with Crippen LogP contribution in [0.3, 0.4) is 0 Å². The summed E-state index contributed by atoms with van der Waals surface area (Å²) in [6, 6.07) is 0. The van der Waals surface area contributed by atoms with Gasteiger partial charge in [-0.15, -0.1) is 0 Å². The van der Waals surface area contributed by atoms with Gasteiger partial charge in [0.05, 0.1) is 6.54 Å². The highest BCUT2D eigenvalue weighted by molar-refractivity contribution is 5.78. The first kappa shape index (κ1) is 12.3. The molecule has 0 aromatic carbocycles. The van der Waals surface area contributed by atoms with Crippen LogP contribution in [0.5, 0.6) is 0 Å². The Balaban J connectivity index is 2.18. The zero-order valence-corrected chi connectivity index (χ0v) is 10.3. The van der Waals surface area contributed by atoms with Crippen molar-refractivity contribution in [3.05, 3.63) is 0 Å². The van der Waals surface area contributed by atoms with Crippen LogP contribution in [0.15, 0.2) is 0 Å². The molecule has 0 atom stereocenters. The Labute approximate surface area is 105 Å². The predicted molar refractivity (Wildman–Crippen MR) is 68.5 cm³/mol. The smallest absolute Gasteiger partial charge is 0.236 e. The van der Waals surface area contributed by atoms with Crippen molar-refractivity contribution in [2.24, 2.45) is 5.73 Å². The molecule has 1 aromatic rings. The number of anilines is 3. The average molecular weight is 251 g/mol. The summed E-state index contributed by atoms with van der Waals surface area (Å²) in [4.78, 5) is 25.5. The van der Waals surface area contributed by atoms with E-state index >= 15 is 0 Å². The van der Waals surface area contributed by atoms with Crippen LogP contribution in [-0.2, 0) is 4.79 Å². The summed E-state index contributed by atoms with van der Waals surface area (Å²) in [5.41, 5.74) is 5.07. The van der Waals surface area contributed by atoms with E-state index in [4.69, 9.17) is 5.73 Å². The van der Waals surface area contributed by atoms with Gasteiger partial charge in [-0.1, -0.05) is 0 Å². The maximum atomic E-state index is 10.7. The summed E-state index contributed by atoms with van der Waals surface area (Å²) < 4.78 is 0. The first-order valence-electron chi connectivity index (χ1n) is 5.90. The molecule has 0 spiro atoms. The second kappa shape index (κ2) is 5.48. The number of carbonyl (C=O) groups is 1. The third-order valence-electron chi connectivity index (χ3n) is 2.66. The van der Waals surface area contributed by atoms with E-state index in [2.05, 4.69) is 30.5 Å². The SMILES string of the molecule is CNc1nc(NCC(N)=O)nc(N2CCCC2)n1. The number of hydrogen-bond acceptors (Lipinski definition) is 7. The fourth-order valence-corrected chi connectivity index (χ4v) is 1.78. The lowest BCUT2D eigenvalue weighted by molar-refractivity contribution is -0.116. The lowest BCUT2D eigenvalue weighted by Crippen LogP contribution is -2.25.